The molecule has 0 bridgehead atoms. The SMILES string of the molecule is CC12CCCCC1C2C(=O)N/N=C/c1cc([N+](=O)[O-])ccc1Cl. The van der Waals surface area contributed by atoms with Crippen LogP contribution < -0.4 is 5.43 Å². The normalized spacial score (nSPS) is 29.1. The van der Waals surface area contributed by atoms with E-state index in [1.807, 2.05) is 0 Å². The van der Waals surface area contributed by atoms with Gasteiger partial charge in [-0.25, -0.2) is 5.43 Å². The zero-order chi connectivity index (χ0) is 16.6. The van der Waals surface area contributed by atoms with Gasteiger partial charge in [0.2, 0.25) is 5.91 Å². The van der Waals surface area contributed by atoms with E-state index in [0.717, 1.165) is 12.8 Å². The molecule has 3 atom stereocenters. The van der Waals surface area contributed by atoms with E-state index in [4.69, 9.17) is 11.6 Å². The monoisotopic (exact) mass is 335 g/mol. The highest BCUT2D eigenvalue weighted by molar-refractivity contribution is 6.33. The zero-order valence-electron chi connectivity index (χ0n) is 12.8. The van der Waals surface area contributed by atoms with Gasteiger partial charge in [-0.2, -0.15) is 5.10 Å². The molecule has 1 amide bonds. The van der Waals surface area contributed by atoms with Crippen LogP contribution in [0.2, 0.25) is 5.02 Å². The van der Waals surface area contributed by atoms with Crippen molar-refractivity contribution in [3.63, 3.8) is 0 Å². The van der Waals surface area contributed by atoms with Gasteiger partial charge in [0.05, 0.1) is 11.1 Å². The Hall–Kier alpha value is -1.95. The third-order valence-electron chi connectivity index (χ3n) is 5.18. The van der Waals surface area contributed by atoms with Crippen molar-refractivity contribution in [2.45, 2.75) is 32.6 Å². The first-order valence-corrected chi connectivity index (χ1v) is 8.08. The number of hydrazone groups is 1. The minimum absolute atomic E-state index is 0.0303. The number of nitrogens with one attached hydrogen (secondary N) is 1. The van der Waals surface area contributed by atoms with Crippen LogP contribution in [-0.2, 0) is 4.79 Å². The van der Waals surface area contributed by atoms with Crippen LogP contribution in [0.25, 0.3) is 0 Å². The molecule has 2 aliphatic carbocycles. The highest BCUT2D eigenvalue weighted by Gasteiger charge is 2.64. The number of benzene rings is 1. The predicted molar refractivity (Wildman–Crippen MR) is 87.4 cm³/mol. The van der Waals surface area contributed by atoms with Gasteiger partial charge in [0, 0.05) is 28.6 Å². The largest absolute Gasteiger partial charge is 0.273 e. The van der Waals surface area contributed by atoms with Crippen molar-refractivity contribution in [2.75, 3.05) is 0 Å². The van der Waals surface area contributed by atoms with E-state index in [0.29, 0.717) is 16.5 Å². The molecule has 0 spiro atoms. The molecule has 1 aromatic carbocycles. The molecule has 0 heterocycles. The lowest BCUT2D eigenvalue weighted by molar-refractivity contribution is -0.384. The maximum absolute atomic E-state index is 12.3. The Bertz CT molecular complexity index is 691. The van der Waals surface area contributed by atoms with Crippen LogP contribution >= 0.6 is 11.6 Å². The lowest BCUT2D eigenvalue weighted by atomic mass is 9.90. The van der Waals surface area contributed by atoms with E-state index in [9.17, 15) is 14.9 Å². The highest BCUT2D eigenvalue weighted by Crippen LogP contribution is 2.66. The Kier molecular flexibility index (Phi) is 4.10. The molecular weight excluding hydrogens is 318 g/mol. The molecule has 2 fully saturated rings. The molecule has 1 N–H and O–H groups in total. The van der Waals surface area contributed by atoms with Crippen LogP contribution in [0.4, 0.5) is 5.69 Å². The van der Waals surface area contributed by atoms with Crippen LogP contribution in [0.5, 0.6) is 0 Å². The predicted octanol–water partition coefficient (Wildman–Crippen LogP) is 3.52. The Morgan fingerprint density at radius 3 is 2.96 bits per heavy atom. The van der Waals surface area contributed by atoms with Crippen LogP contribution in [0.15, 0.2) is 23.3 Å². The number of carbonyl (C=O) groups is 1. The van der Waals surface area contributed by atoms with Gasteiger partial charge in [0.25, 0.3) is 5.69 Å². The Morgan fingerprint density at radius 2 is 2.30 bits per heavy atom. The molecule has 1 aromatic rings. The fraction of sp³-hybridized carbons (Fsp3) is 0.500. The van der Waals surface area contributed by atoms with E-state index in [1.165, 1.54) is 37.3 Å². The molecule has 122 valence electrons. The van der Waals surface area contributed by atoms with Gasteiger partial charge in [-0.1, -0.05) is 31.4 Å². The number of nitro benzene ring substituents is 1. The van der Waals surface area contributed by atoms with Crippen LogP contribution in [-0.4, -0.2) is 17.0 Å². The van der Waals surface area contributed by atoms with Gasteiger partial charge in [0.1, 0.15) is 0 Å². The fourth-order valence-electron chi connectivity index (χ4n) is 3.83. The minimum atomic E-state index is -0.498. The standard InChI is InChI=1S/C16H18ClN3O3/c1-16-7-3-2-4-12(16)14(16)15(21)19-18-9-10-8-11(20(22)23)5-6-13(10)17/h5-6,8-9,12,14H,2-4,7H2,1H3,(H,19,21)/b18-9+. The van der Waals surface area contributed by atoms with Gasteiger partial charge in [-0.15, -0.1) is 0 Å². The third-order valence-corrected chi connectivity index (χ3v) is 5.53. The van der Waals surface area contributed by atoms with Gasteiger partial charge in [-0.3, -0.25) is 14.9 Å². The van der Waals surface area contributed by atoms with E-state index < -0.39 is 4.92 Å². The number of nitrogens with zero attached hydrogens (tertiary/aromatic N) is 2. The van der Waals surface area contributed by atoms with E-state index in [2.05, 4.69) is 17.5 Å². The Morgan fingerprint density at radius 1 is 1.52 bits per heavy atom. The summed E-state index contributed by atoms with van der Waals surface area (Å²) in [5.41, 5.74) is 3.02. The molecule has 2 aliphatic rings. The number of fused-ring (bicyclic) bond motifs is 1. The van der Waals surface area contributed by atoms with Gasteiger partial charge >= 0.3 is 0 Å². The topological polar surface area (TPSA) is 84.6 Å². The van der Waals surface area contributed by atoms with E-state index >= 15 is 0 Å². The second kappa shape index (κ2) is 5.92. The Balaban J connectivity index is 1.64. The number of nitro groups is 1. The lowest BCUT2D eigenvalue weighted by Crippen LogP contribution is -2.22. The van der Waals surface area contributed by atoms with Crippen molar-refractivity contribution in [3.8, 4) is 0 Å². The summed E-state index contributed by atoms with van der Waals surface area (Å²) in [5, 5.41) is 15.0. The molecule has 0 aromatic heterocycles. The molecule has 23 heavy (non-hydrogen) atoms. The summed E-state index contributed by atoms with van der Waals surface area (Å²) in [6.07, 6.45) is 5.92. The van der Waals surface area contributed by atoms with Gasteiger partial charge < -0.3 is 0 Å². The summed E-state index contributed by atoms with van der Waals surface area (Å²) in [6.45, 7) is 2.17. The van der Waals surface area contributed by atoms with Crippen molar-refractivity contribution in [1.29, 1.82) is 0 Å². The second-order valence-electron chi connectivity index (χ2n) is 6.53. The summed E-state index contributed by atoms with van der Waals surface area (Å²) in [6, 6.07) is 4.10. The first-order chi connectivity index (χ1) is 10.9. The summed E-state index contributed by atoms with van der Waals surface area (Å²) in [5.74, 6) is 0.424. The quantitative estimate of drug-likeness (QED) is 0.519. The van der Waals surface area contributed by atoms with Crippen LogP contribution in [0.1, 0.15) is 38.2 Å². The van der Waals surface area contributed by atoms with Crippen molar-refractivity contribution < 1.29 is 9.72 Å². The van der Waals surface area contributed by atoms with Crippen molar-refractivity contribution in [2.24, 2.45) is 22.4 Å². The average Bonchev–Trinajstić information content (AvgIpc) is 3.14. The van der Waals surface area contributed by atoms with Crippen molar-refractivity contribution in [3.05, 3.63) is 38.9 Å². The fourth-order valence-corrected chi connectivity index (χ4v) is 4.00. The molecule has 3 unspecified atom stereocenters. The second-order valence-corrected chi connectivity index (χ2v) is 6.94. The van der Waals surface area contributed by atoms with Gasteiger partial charge in [0.15, 0.2) is 0 Å². The first-order valence-electron chi connectivity index (χ1n) is 7.70. The first kappa shape index (κ1) is 15.9. The summed E-state index contributed by atoms with van der Waals surface area (Å²) >= 11 is 5.99. The van der Waals surface area contributed by atoms with Gasteiger partial charge in [-0.05, 0) is 30.2 Å². The summed E-state index contributed by atoms with van der Waals surface area (Å²) < 4.78 is 0. The lowest BCUT2D eigenvalue weighted by Gasteiger charge is -2.15. The van der Waals surface area contributed by atoms with Crippen molar-refractivity contribution >= 4 is 29.4 Å². The molecular formula is C16H18ClN3O3. The molecule has 0 saturated heterocycles. The number of hydrogen-bond acceptors (Lipinski definition) is 4. The number of amides is 1. The number of non-ortho nitro benzene ring substituents is 1. The maximum Gasteiger partial charge on any atom is 0.270 e. The van der Waals surface area contributed by atoms with Crippen LogP contribution in [0, 0.1) is 27.4 Å². The number of rotatable bonds is 4. The number of carbonyl (C=O) groups excluding carboxylic acids is 1. The average molecular weight is 336 g/mol. The molecule has 3 rings (SSSR count). The zero-order valence-corrected chi connectivity index (χ0v) is 13.5. The molecule has 0 radical (unpaired) electrons. The molecule has 0 aliphatic heterocycles. The van der Waals surface area contributed by atoms with Crippen LogP contribution in [0.3, 0.4) is 0 Å². The minimum Gasteiger partial charge on any atom is -0.273 e. The summed E-state index contributed by atoms with van der Waals surface area (Å²) in [4.78, 5) is 22.5. The van der Waals surface area contributed by atoms with E-state index in [-0.39, 0.29) is 22.9 Å². The third kappa shape index (κ3) is 2.95. The highest BCUT2D eigenvalue weighted by atomic mass is 35.5. The Labute approximate surface area is 139 Å². The summed E-state index contributed by atoms with van der Waals surface area (Å²) in [7, 11) is 0. The number of hydrogen-bond donors (Lipinski definition) is 1. The van der Waals surface area contributed by atoms with Crippen molar-refractivity contribution in [1.82, 2.24) is 5.43 Å². The smallest absolute Gasteiger partial charge is 0.270 e. The molecule has 7 heteroatoms. The molecule has 6 nitrogen and oxygen atoms in total. The maximum atomic E-state index is 12.3. The van der Waals surface area contributed by atoms with E-state index in [1.54, 1.807) is 0 Å². The number of halogens is 1. The molecule has 2 saturated carbocycles.